The molecule has 2 heteroatoms. The van der Waals surface area contributed by atoms with Gasteiger partial charge in [0, 0.05) is 18.0 Å². The van der Waals surface area contributed by atoms with Crippen LogP contribution in [0.5, 0.6) is 0 Å². The average Bonchev–Trinajstić information content (AvgIpc) is 2.08. The zero-order chi connectivity index (χ0) is 9.56. The highest BCUT2D eigenvalue weighted by Gasteiger charge is 1.97. The first-order valence-corrected chi connectivity index (χ1v) is 4.13. The van der Waals surface area contributed by atoms with Crippen LogP contribution in [-0.2, 0) is 0 Å². The number of ketones is 1. The van der Waals surface area contributed by atoms with E-state index in [4.69, 9.17) is 0 Å². The van der Waals surface area contributed by atoms with E-state index in [2.05, 4.69) is 4.98 Å². The molecule has 0 atom stereocenters. The predicted molar refractivity (Wildman–Crippen MR) is 50.3 cm³/mol. The molecular weight excluding hydrogens is 150 g/mol. The van der Waals surface area contributed by atoms with E-state index in [9.17, 15) is 4.79 Å². The van der Waals surface area contributed by atoms with Crippen molar-refractivity contribution < 1.29 is 4.79 Å². The van der Waals surface area contributed by atoms with Crippen molar-refractivity contribution in [2.75, 3.05) is 0 Å². The summed E-state index contributed by atoms with van der Waals surface area (Å²) in [5, 5.41) is 0. The standard InChI is InChI=1S/C8H9NO.C2H6/c1-6-3-8(7(2)10)5-9-4-6;1-2/h3-5H,1-2H3;1-2H3. The molecular formula is C10H15NO. The first kappa shape index (κ1) is 10.8. The highest BCUT2D eigenvalue weighted by atomic mass is 16.1. The Morgan fingerprint density at radius 2 is 1.92 bits per heavy atom. The van der Waals surface area contributed by atoms with E-state index in [1.807, 2.05) is 26.8 Å². The van der Waals surface area contributed by atoms with Crippen LogP contribution in [0.4, 0.5) is 0 Å². The highest BCUT2D eigenvalue weighted by molar-refractivity contribution is 5.93. The van der Waals surface area contributed by atoms with Crippen LogP contribution in [-0.4, -0.2) is 10.8 Å². The second-order valence-corrected chi connectivity index (χ2v) is 2.31. The van der Waals surface area contributed by atoms with E-state index in [1.54, 1.807) is 12.4 Å². The van der Waals surface area contributed by atoms with Crippen molar-refractivity contribution in [2.24, 2.45) is 0 Å². The van der Waals surface area contributed by atoms with Crippen LogP contribution in [0.3, 0.4) is 0 Å². The average molecular weight is 165 g/mol. The molecule has 0 aliphatic carbocycles. The lowest BCUT2D eigenvalue weighted by molar-refractivity contribution is 0.101. The summed E-state index contributed by atoms with van der Waals surface area (Å²) in [5.41, 5.74) is 1.70. The molecule has 0 N–H and O–H groups in total. The van der Waals surface area contributed by atoms with Crippen LogP contribution in [0.25, 0.3) is 0 Å². The summed E-state index contributed by atoms with van der Waals surface area (Å²) in [6, 6.07) is 1.83. The van der Waals surface area contributed by atoms with E-state index >= 15 is 0 Å². The van der Waals surface area contributed by atoms with Crippen molar-refractivity contribution in [1.82, 2.24) is 4.98 Å². The predicted octanol–water partition coefficient (Wildman–Crippen LogP) is 2.62. The molecule has 0 fully saturated rings. The van der Waals surface area contributed by atoms with Gasteiger partial charge in [0.2, 0.25) is 0 Å². The van der Waals surface area contributed by atoms with Gasteiger partial charge in [-0.05, 0) is 25.5 Å². The molecule has 1 heterocycles. The maximum absolute atomic E-state index is 10.8. The molecule has 0 radical (unpaired) electrons. The van der Waals surface area contributed by atoms with E-state index in [0.717, 1.165) is 5.56 Å². The number of carbonyl (C=O) groups excluding carboxylic acids is 1. The minimum atomic E-state index is 0.0659. The lowest BCUT2D eigenvalue weighted by atomic mass is 10.2. The Balaban J connectivity index is 0.000000561. The number of Topliss-reactive ketones (excluding diaryl/α,β-unsaturated/α-hetero) is 1. The van der Waals surface area contributed by atoms with E-state index in [1.165, 1.54) is 6.92 Å². The van der Waals surface area contributed by atoms with Gasteiger partial charge in [-0.15, -0.1) is 0 Å². The van der Waals surface area contributed by atoms with E-state index in [-0.39, 0.29) is 5.78 Å². The molecule has 0 aromatic carbocycles. The molecule has 12 heavy (non-hydrogen) atoms. The van der Waals surface area contributed by atoms with Gasteiger partial charge in [-0.1, -0.05) is 13.8 Å². The summed E-state index contributed by atoms with van der Waals surface area (Å²) in [5.74, 6) is 0.0659. The number of aryl methyl sites for hydroxylation is 1. The summed E-state index contributed by atoms with van der Waals surface area (Å²) >= 11 is 0. The lowest BCUT2D eigenvalue weighted by Gasteiger charge is -1.94. The summed E-state index contributed by atoms with van der Waals surface area (Å²) in [6.45, 7) is 7.45. The number of aromatic nitrogens is 1. The van der Waals surface area contributed by atoms with Crippen LogP contribution in [0.15, 0.2) is 18.5 Å². The van der Waals surface area contributed by atoms with Gasteiger partial charge in [0.1, 0.15) is 0 Å². The second kappa shape index (κ2) is 5.47. The van der Waals surface area contributed by atoms with Gasteiger partial charge in [0.25, 0.3) is 0 Å². The molecule has 0 saturated heterocycles. The molecule has 2 nitrogen and oxygen atoms in total. The second-order valence-electron chi connectivity index (χ2n) is 2.31. The third kappa shape index (κ3) is 3.28. The molecule has 0 amide bonds. The van der Waals surface area contributed by atoms with Gasteiger partial charge in [-0.2, -0.15) is 0 Å². The molecule has 0 saturated carbocycles. The molecule has 0 aliphatic rings. The fourth-order valence-electron chi connectivity index (χ4n) is 0.747. The van der Waals surface area contributed by atoms with E-state index in [0.29, 0.717) is 5.56 Å². The van der Waals surface area contributed by atoms with Crippen LogP contribution in [0, 0.1) is 6.92 Å². The van der Waals surface area contributed by atoms with Crippen LogP contribution < -0.4 is 0 Å². The Morgan fingerprint density at radius 1 is 1.33 bits per heavy atom. The largest absolute Gasteiger partial charge is 0.294 e. The van der Waals surface area contributed by atoms with Crippen LogP contribution in [0.1, 0.15) is 36.7 Å². The monoisotopic (exact) mass is 165 g/mol. The number of hydrogen-bond donors (Lipinski definition) is 0. The molecule has 0 unspecified atom stereocenters. The number of rotatable bonds is 1. The van der Waals surface area contributed by atoms with Gasteiger partial charge < -0.3 is 0 Å². The first-order valence-electron chi connectivity index (χ1n) is 4.13. The van der Waals surface area contributed by atoms with Gasteiger partial charge in [-0.3, -0.25) is 9.78 Å². The SMILES string of the molecule is CC.CC(=O)c1cncc(C)c1. The van der Waals surface area contributed by atoms with Gasteiger partial charge in [0.15, 0.2) is 5.78 Å². The Labute approximate surface area is 73.6 Å². The summed E-state index contributed by atoms with van der Waals surface area (Å²) < 4.78 is 0. The molecule has 1 aromatic rings. The quantitative estimate of drug-likeness (QED) is 0.599. The maximum atomic E-state index is 10.8. The Morgan fingerprint density at radius 3 is 2.25 bits per heavy atom. The lowest BCUT2D eigenvalue weighted by Crippen LogP contribution is -1.92. The van der Waals surface area contributed by atoms with Crippen molar-refractivity contribution in [3.63, 3.8) is 0 Å². The smallest absolute Gasteiger partial charge is 0.161 e. The molecule has 1 rings (SSSR count). The minimum Gasteiger partial charge on any atom is -0.294 e. The van der Waals surface area contributed by atoms with Crippen molar-refractivity contribution in [2.45, 2.75) is 27.7 Å². The Bertz CT molecular complexity index is 256. The molecule has 0 spiro atoms. The van der Waals surface area contributed by atoms with E-state index < -0.39 is 0 Å². The minimum absolute atomic E-state index is 0.0659. The van der Waals surface area contributed by atoms with Crippen molar-refractivity contribution in [1.29, 1.82) is 0 Å². The van der Waals surface area contributed by atoms with Crippen molar-refractivity contribution in [3.05, 3.63) is 29.6 Å². The number of pyridine rings is 1. The normalized spacial score (nSPS) is 8.33. The van der Waals surface area contributed by atoms with Crippen LogP contribution >= 0.6 is 0 Å². The van der Waals surface area contributed by atoms with Crippen molar-refractivity contribution >= 4 is 5.78 Å². The number of hydrogen-bond acceptors (Lipinski definition) is 2. The Kier molecular flexibility index (Phi) is 4.93. The number of carbonyl (C=O) groups is 1. The zero-order valence-electron chi connectivity index (χ0n) is 8.09. The molecule has 0 aliphatic heterocycles. The summed E-state index contributed by atoms with van der Waals surface area (Å²) in [6.07, 6.45) is 3.31. The number of nitrogens with zero attached hydrogens (tertiary/aromatic N) is 1. The van der Waals surface area contributed by atoms with Gasteiger partial charge >= 0.3 is 0 Å². The molecule has 66 valence electrons. The maximum Gasteiger partial charge on any atom is 0.161 e. The van der Waals surface area contributed by atoms with Gasteiger partial charge in [-0.25, -0.2) is 0 Å². The molecule has 0 bridgehead atoms. The fourth-order valence-corrected chi connectivity index (χ4v) is 0.747. The summed E-state index contributed by atoms with van der Waals surface area (Å²) in [4.78, 5) is 14.6. The third-order valence-electron chi connectivity index (χ3n) is 1.28. The first-order chi connectivity index (χ1) is 5.70. The highest BCUT2D eigenvalue weighted by Crippen LogP contribution is 2.00. The van der Waals surface area contributed by atoms with Crippen LogP contribution in [0.2, 0.25) is 0 Å². The topological polar surface area (TPSA) is 30.0 Å². The fraction of sp³-hybridized carbons (Fsp3) is 0.400. The Hall–Kier alpha value is -1.18. The van der Waals surface area contributed by atoms with Gasteiger partial charge in [0.05, 0.1) is 0 Å². The third-order valence-corrected chi connectivity index (χ3v) is 1.28. The zero-order valence-corrected chi connectivity index (χ0v) is 8.09. The summed E-state index contributed by atoms with van der Waals surface area (Å²) in [7, 11) is 0. The van der Waals surface area contributed by atoms with Crippen molar-refractivity contribution in [3.8, 4) is 0 Å². The molecule has 1 aromatic heterocycles.